The maximum atomic E-state index is 12.1. The molecule has 2 atom stereocenters. The van der Waals surface area contributed by atoms with Crippen molar-refractivity contribution in [2.24, 2.45) is 0 Å². The van der Waals surface area contributed by atoms with Gasteiger partial charge in [0.15, 0.2) is 9.84 Å². The summed E-state index contributed by atoms with van der Waals surface area (Å²) < 4.78 is 24.2. The minimum Gasteiger partial charge on any atom is -0.291 e. The van der Waals surface area contributed by atoms with Gasteiger partial charge < -0.3 is 0 Å². The van der Waals surface area contributed by atoms with E-state index in [9.17, 15) is 8.42 Å². The van der Waals surface area contributed by atoms with E-state index in [-0.39, 0.29) is 11.3 Å². The highest BCUT2D eigenvalue weighted by Gasteiger charge is 2.44. The summed E-state index contributed by atoms with van der Waals surface area (Å²) >= 11 is 1.66. The molecule has 2 aliphatic rings. The fourth-order valence-corrected chi connectivity index (χ4v) is 6.21. The fraction of sp³-hybridized carbons (Fsp3) is 0.846. The number of nitrogens with zero attached hydrogens (tertiary/aromatic N) is 3. The monoisotopic (exact) mass is 315 g/mol. The first kappa shape index (κ1) is 14.4. The Morgan fingerprint density at radius 3 is 2.85 bits per heavy atom. The topological polar surface area (TPSA) is 63.2 Å². The summed E-state index contributed by atoms with van der Waals surface area (Å²) in [4.78, 5) is 2.31. The van der Waals surface area contributed by atoms with Crippen molar-refractivity contribution in [2.45, 2.75) is 56.9 Å². The summed E-state index contributed by atoms with van der Waals surface area (Å²) in [5.41, 5.74) is 0. The first-order chi connectivity index (χ1) is 9.47. The highest BCUT2D eigenvalue weighted by Crippen LogP contribution is 2.34. The molecule has 0 radical (unpaired) electrons. The molecule has 0 amide bonds. The number of hydrogen-bond donors (Lipinski definition) is 0. The molecule has 112 valence electrons. The maximum absolute atomic E-state index is 12.1. The second kappa shape index (κ2) is 5.35. The van der Waals surface area contributed by atoms with Crippen LogP contribution in [0.25, 0.3) is 0 Å². The SMILES string of the molecule is CC(C)c1nnc(CN2CCS(=O)(=O)C3CCCC32)s1. The molecule has 1 aliphatic carbocycles. The van der Waals surface area contributed by atoms with Gasteiger partial charge in [-0.2, -0.15) is 0 Å². The van der Waals surface area contributed by atoms with Gasteiger partial charge in [0.1, 0.15) is 10.0 Å². The van der Waals surface area contributed by atoms with E-state index in [1.54, 1.807) is 11.3 Å². The van der Waals surface area contributed by atoms with Gasteiger partial charge >= 0.3 is 0 Å². The third-order valence-electron chi connectivity index (χ3n) is 4.33. The van der Waals surface area contributed by atoms with E-state index >= 15 is 0 Å². The molecule has 2 heterocycles. The molecule has 7 heteroatoms. The lowest BCUT2D eigenvalue weighted by molar-refractivity contribution is 0.191. The van der Waals surface area contributed by atoms with Crippen molar-refractivity contribution >= 4 is 21.2 Å². The smallest absolute Gasteiger partial charge is 0.155 e. The summed E-state index contributed by atoms with van der Waals surface area (Å²) in [6, 6.07) is 0.195. The quantitative estimate of drug-likeness (QED) is 0.851. The van der Waals surface area contributed by atoms with Gasteiger partial charge in [0.05, 0.1) is 17.5 Å². The Kier molecular flexibility index (Phi) is 3.85. The lowest BCUT2D eigenvalue weighted by atomic mass is 10.2. The number of sulfone groups is 1. The zero-order valence-electron chi connectivity index (χ0n) is 11.9. The van der Waals surface area contributed by atoms with E-state index in [0.29, 0.717) is 18.2 Å². The van der Waals surface area contributed by atoms with Crippen LogP contribution in [0, 0.1) is 0 Å². The molecule has 1 saturated heterocycles. The summed E-state index contributed by atoms with van der Waals surface area (Å²) in [5.74, 6) is 0.700. The van der Waals surface area contributed by atoms with E-state index in [1.807, 2.05) is 0 Å². The Morgan fingerprint density at radius 1 is 1.35 bits per heavy atom. The van der Waals surface area contributed by atoms with Crippen LogP contribution in [-0.4, -0.2) is 47.1 Å². The van der Waals surface area contributed by atoms with Crippen LogP contribution < -0.4 is 0 Å². The second-order valence-electron chi connectivity index (χ2n) is 6.06. The molecule has 20 heavy (non-hydrogen) atoms. The Balaban J connectivity index is 1.74. The van der Waals surface area contributed by atoms with Gasteiger partial charge in [-0.1, -0.05) is 31.6 Å². The maximum Gasteiger partial charge on any atom is 0.155 e. The third-order valence-corrected chi connectivity index (χ3v) is 7.76. The number of hydrogen-bond acceptors (Lipinski definition) is 6. The van der Waals surface area contributed by atoms with Crippen molar-refractivity contribution in [2.75, 3.05) is 12.3 Å². The summed E-state index contributed by atoms with van der Waals surface area (Å²) in [6.45, 7) is 5.62. The predicted octanol–water partition coefficient (Wildman–Crippen LogP) is 1.81. The van der Waals surface area contributed by atoms with Crippen LogP contribution in [0.1, 0.15) is 49.0 Å². The molecule has 0 aromatic carbocycles. The zero-order chi connectivity index (χ0) is 14.3. The fourth-order valence-electron chi connectivity index (χ4n) is 3.24. The van der Waals surface area contributed by atoms with Gasteiger partial charge in [-0.3, -0.25) is 4.90 Å². The van der Waals surface area contributed by atoms with Crippen LogP contribution in [0.3, 0.4) is 0 Å². The highest BCUT2D eigenvalue weighted by atomic mass is 32.2. The van der Waals surface area contributed by atoms with Crippen LogP contribution in [-0.2, 0) is 16.4 Å². The minimum absolute atomic E-state index is 0.145. The van der Waals surface area contributed by atoms with Gasteiger partial charge in [-0.25, -0.2) is 8.42 Å². The molecule has 0 spiro atoms. The number of rotatable bonds is 3. The van der Waals surface area contributed by atoms with Crippen molar-refractivity contribution in [3.63, 3.8) is 0 Å². The molecule has 5 nitrogen and oxygen atoms in total. The van der Waals surface area contributed by atoms with E-state index in [4.69, 9.17) is 0 Å². The highest BCUT2D eigenvalue weighted by molar-refractivity contribution is 7.92. The molecule has 2 fully saturated rings. The predicted molar refractivity (Wildman–Crippen MR) is 79.6 cm³/mol. The summed E-state index contributed by atoms with van der Waals surface area (Å²) in [7, 11) is -2.87. The van der Waals surface area contributed by atoms with Crippen molar-refractivity contribution in [3.05, 3.63) is 10.0 Å². The lowest BCUT2D eigenvalue weighted by Crippen LogP contribution is -2.51. The molecule has 2 unspecified atom stereocenters. The summed E-state index contributed by atoms with van der Waals surface area (Å²) in [5, 5.41) is 10.4. The Bertz CT molecular complexity index is 582. The summed E-state index contributed by atoms with van der Waals surface area (Å²) in [6.07, 6.45) is 2.86. The Morgan fingerprint density at radius 2 is 2.15 bits per heavy atom. The minimum atomic E-state index is -2.87. The number of fused-ring (bicyclic) bond motifs is 1. The molecule has 0 bridgehead atoms. The van der Waals surface area contributed by atoms with Crippen LogP contribution in [0.4, 0.5) is 0 Å². The molecule has 1 aromatic heterocycles. The Hall–Kier alpha value is -0.530. The van der Waals surface area contributed by atoms with Crippen molar-refractivity contribution in [3.8, 4) is 0 Å². The van der Waals surface area contributed by atoms with E-state index < -0.39 is 9.84 Å². The van der Waals surface area contributed by atoms with Gasteiger partial charge in [-0.05, 0) is 12.8 Å². The van der Waals surface area contributed by atoms with E-state index in [0.717, 1.165) is 35.8 Å². The van der Waals surface area contributed by atoms with Crippen molar-refractivity contribution < 1.29 is 8.42 Å². The van der Waals surface area contributed by atoms with Crippen molar-refractivity contribution in [1.82, 2.24) is 15.1 Å². The largest absolute Gasteiger partial charge is 0.291 e. The zero-order valence-corrected chi connectivity index (χ0v) is 13.6. The first-order valence-electron chi connectivity index (χ1n) is 7.25. The van der Waals surface area contributed by atoms with Crippen LogP contribution in [0.15, 0.2) is 0 Å². The lowest BCUT2D eigenvalue weighted by Gasteiger charge is -2.36. The second-order valence-corrected chi connectivity index (χ2v) is 9.50. The molecule has 3 rings (SSSR count). The van der Waals surface area contributed by atoms with E-state index in [2.05, 4.69) is 28.9 Å². The third kappa shape index (κ3) is 2.63. The van der Waals surface area contributed by atoms with Gasteiger partial charge in [0.25, 0.3) is 0 Å². The van der Waals surface area contributed by atoms with Crippen molar-refractivity contribution in [1.29, 1.82) is 0 Å². The van der Waals surface area contributed by atoms with Crippen LogP contribution >= 0.6 is 11.3 Å². The molecular formula is C13H21N3O2S2. The van der Waals surface area contributed by atoms with Gasteiger partial charge in [0.2, 0.25) is 0 Å². The average Bonchev–Trinajstić information content (AvgIpc) is 3.02. The normalized spacial score (nSPS) is 29.8. The van der Waals surface area contributed by atoms with E-state index in [1.165, 1.54) is 0 Å². The average molecular weight is 315 g/mol. The first-order valence-corrected chi connectivity index (χ1v) is 9.78. The van der Waals surface area contributed by atoms with Crippen LogP contribution in [0.2, 0.25) is 0 Å². The molecule has 0 N–H and O–H groups in total. The molecule has 1 aromatic rings. The molecular weight excluding hydrogens is 294 g/mol. The number of aromatic nitrogens is 2. The van der Waals surface area contributed by atoms with Crippen LogP contribution in [0.5, 0.6) is 0 Å². The molecule has 1 saturated carbocycles. The molecule has 1 aliphatic heterocycles. The Labute approximate surface area is 124 Å². The standard InChI is InChI=1S/C13H21N3O2S2/c1-9(2)13-15-14-12(19-13)8-16-6-7-20(17,18)11-5-3-4-10(11)16/h9-11H,3-8H2,1-2H3. The van der Waals surface area contributed by atoms with Gasteiger partial charge in [-0.15, -0.1) is 10.2 Å². The van der Waals surface area contributed by atoms with Gasteiger partial charge in [0, 0.05) is 18.5 Å².